The summed E-state index contributed by atoms with van der Waals surface area (Å²) < 4.78 is 0. The van der Waals surface area contributed by atoms with Gasteiger partial charge in [0.05, 0.1) is 11.2 Å². The van der Waals surface area contributed by atoms with Crippen LogP contribution >= 0.6 is 11.3 Å². The minimum Gasteiger partial charge on any atom is -0.368 e. The summed E-state index contributed by atoms with van der Waals surface area (Å²) in [5.74, 6) is 0. The van der Waals surface area contributed by atoms with Gasteiger partial charge >= 0.3 is 0 Å². The molecule has 0 unspecified atom stereocenters. The highest BCUT2D eigenvalue weighted by Crippen LogP contribution is 2.21. The highest BCUT2D eigenvalue weighted by Gasteiger charge is 2.01. The van der Waals surface area contributed by atoms with Crippen molar-refractivity contribution in [3.05, 3.63) is 11.2 Å². The number of aromatic nitrogens is 1. The number of hydrogen-bond acceptors (Lipinski definition) is 3. The Morgan fingerprint density at radius 1 is 1.55 bits per heavy atom. The monoisotopic (exact) mass is 170 g/mol. The first kappa shape index (κ1) is 8.53. The van der Waals surface area contributed by atoms with Crippen molar-refractivity contribution in [1.82, 2.24) is 4.98 Å². The maximum atomic E-state index is 4.30. The van der Waals surface area contributed by atoms with Crippen molar-refractivity contribution in [1.29, 1.82) is 0 Å². The largest absolute Gasteiger partial charge is 0.368 e. The highest BCUT2D eigenvalue weighted by atomic mass is 32.1. The predicted molar refractivity (Wildman–Crippen MR) is 50.4 cm³/mol. The fourth-order valence-corrected chi connectivity index (χ4v) is 1.78. The molecule has 0 bridgehead atoms. The Bertz CT molecular complexity index is 218. The van der Waals surface area contributed by atoms with E-state index in [1.165, 1.54) is 16.4 Å². The minimum atomic E-state index is 1.11. The molecule has 0 spiro atoms. The first-order valence-electron chi connectivity index (χ1n) is 3.86. The molecule has 0 aliphatic carbocycles. The van der Waals surface area contributed by atoms with Crippen molar-refractivity contribution in [2.24, 2.45) is 0 Å². The van der Waals surface area contributed by atoms with E-state index in [1.54, 1.807) is 11.3 Å². The van der Waals surface area contributed by atoms with E-state index < -0.39 is 0 Å². The summed E-state index contributed by atoms with van der Waals surface area (Å²) in [7, 11) is 4.09. The SMILES string of the molecule is CCCc1ncc(N(C)C)s1. The van der Waals surface area contributed by atoms with E-state index in [0.717, 1.165) is 6.42 Å². The van der Waals surface area contributed by atoms with Crippen LogP contribution in [-0.2, 0) is 6.42 Å². The zero-order chi connectivity index (χ0) is 8.27. The van der Waals surface area contributed by atoms with Crippen LogP contribution in [0.5, 0.6) is 0 Å². The molecule has 3 heteroatoms. The molecule has 0 aliphatic rings. The summed E-state index contributed by atoms with van der Waals surface area (Å²) in [6.07, 6.45) is 4.23. The summed E-state index contributed by atoms with van der Waals surface area (Å²) in [5.41, 5.74) is 0. The van der Waals surface area contributed by atoms with Gasteiger partial charge in [-0.05, 0) is 12.8 Å². The molecule has 0 atom stereocenters. The van der Waals surface area contributed by atoms with Crippen molar-refractivity contribution in [2.75, 3.05) is 19.0 Å². The van der Waals surface area contributed by atoms with E-state index in [1.807, 2.05) is 20.3 Å². The first-order valence-corrected chi connectivity index (χ1v) is 4.67. The standard InChI is InChI=1S/C8H14N2S/c1-4-5-7-9-6-8(11-7)10(2)3/h6H,4-5H2,1-3H3. The van der Waals surface area contributed by atoms with Crippen LogP contribution in [0.4, 0.5) is 5.00 Å². The van der Waals surface area contributed by atoms with Gasteiger partial charge in [-0.25, -0.2) is 4.98 Å². The van der Waals surface area contributed by atoms with E-state index in [-0.39, 0.29) is 0 Å². The second-order valence-corrected chi connectivity index (χ2v) is 3.83. The molecule has 0 aromatic carbocycles. The van der Waals surface area contributed by atoms with Crippen LogP contribution in [0, 0.1) is 0 Å². The second-order valence-electron chi connectivity index (χ2n) is 2.74. The van der Waals surface area contributed by atoms with Crippen molar-refractivity contribution in [3.63, 3.8) is 0 Å². The van der Waals surface area contributed by atoms with Crippen LogP contribution in [0.1, 0.15) is 18.4 Å². The molecular formula is C8H14N2S. The van der Waals surface area contributed by atoms with Crippen LogP contribution in [0.2, 0.25) is 0 Å². The fourth-order valence-electron chi connectivity index (χ4n) is 0.837. The van der Waals surface area contributed by atoms with Crippen LogP contribution < -0.4 is 4.90 Å². The van der Waals surface area contributed by atoms with E-state index in [0.29, 0.717) is 0 Å². The summed E-state index contributed by atoms with van der Waals surface area (Å²) in [4.78, 5) is 6.40. The van der Waals surface area contributed by atoms with E-state index >= 15 is 0 Å². The molecule has 0 fully saturated rings. The van der Waals surface area contributed by atoms with Gasteiger partial charge in [-0.3, -0.25) is 0 Å². The van der Waals surface area contributed by atoms with Gasteiger partial charge < -0.3 is 4.90 Å². The number of rotatable bonds is 3. The fraction of sp³-hybridized carbons (Fsp3) is 0.625. The molecule has 0 N–H and O–H groups in total. The van der Waals surface area contributed by atoms with E-state index in [4.69, 9.17) is 0 Å². The van der Waals surface area contributed by atoms with Gasteiger partial charge in [0.15, 0.2) is 0 Å². The maximum absolute atomic E-state index is 4.30. The number of thiazole rings is 1. The number of nitrogens with zero attached hydrogens (tertiary/aromatic N) is 2. The summed E-state index contributed by atoms with van der Waals surface area (Å²) >= 11 is 1.78. The maximum Gasteiger partial charge on any atom is 0.111 e. The molecule has 11 heavy (non-hydrogen) atoms. The smallest absolute Gasteiger partial charge is 0.111 e. The molecular weight excluding hydrogens is 156 g/mol. The average Bonchev–Trinajstić information content (AvgIpc) is 2.37. The third-order valence-electron chi connectivity index (χ3n) is 1.45. The summed E-state index contributed by atoms with van der Waals surface area (Å²) in [5, 5.41) is 2.49. The van der Waals surface area contributed by atoms with E-state index in [2.05, 4.69) is 16.8 Å². The summed E-state index contributed by atoms with van der Waals surface area (Å²) in [6.45, 7) is 2.18. The quantitative estimate of drug-likeness (QED) is 0.691. The normalized spacial score (nSPS) is 10.1. The van der Waals surface area contributed by atoms with Gasteiger partial charge in [-0.15, -0.1) is 11.3 Å². The molecule has 0 saturated carbocycles. The molecule has 1 rings (SSSR count). The van der Waals surface area contributed by atoms with Crippen LogP contribution in [-0.4, -0.2) is 19.1 Å². The average molecular weight is 170 g/mol. The Kier molecular flexibility index (Phi) is 2.88. The molecule has 62 valence electrons. The van der Waals surface area contributed by atoms with Crippen molar-refractivity contribution >= 4 is 16.3 Å². The zero-order valence-corrected chi connectivity index (χ0v) is 8.11. The second kappa shape index (κ2) is 3.72. The zero-order valence-electron chi connectivity index (χ0n) is 7.29. The Morgan fingerprint density at radius 2 is 2.27 bits per heavy atom. The molecule has 2 nitrogen and oxygen atoms in total. The van der Waals surface area contributed by atoms with Gasteiger partial charge in [0, 0.05) is 14.1 Å². The highest BCUT2D eigenvalue weighted by molar-refractivity contribution is 7.15. The van der Waals surface area contributed by atoms with Crippen molar-refractivity contribution in [2.45, 2.75) is 19.8 Å². The molecule has 1 heterocycles. The molecule has 0 aliphatic heterocycles. The van der Waals surface area contributed by atoms with Gasteiger partial charge in [0.1, 0.15) is 5.00 Å². The lowest BCUT2D eigenvalue weighted by Crippen LogP contribution is -2.05. The third kappa shape index (κ3) is 2.19. The van der Waals surface area contributed by atoms with Crippen molar-refractivity contribution in [3.8, 4) is 0 Å². The minimum absolute atomic E-state index is 1.11. The van der Waals surface area contributed by atoms with Gasteiger partial charge in [-0.2, -0.15) is 0 Å². The lowest BCUT2D eigenvalue weighted by Gasteiger charge is -2.05. The predicted octanol–water partition coefficient (Wildman–Crippen LogP) is 2.16. The number of anilines is 1. The van der Waals surface area contributed by atoms with Gasteiger partial charge in [0.2, 0.25) is 0 Å². The number of aryl methyl sites for hydroxylation is 1. The Hall–Kier alpha value is -0.570. The third-order valence-corrected chi connectivity index (χ3v) is 2.67. The number of hydrogen-bond donors (Lipinski definition) is 0. The van der Waals surface area contributed by atoms with Gasteiger partial charge in [0.25, 0.3) is 0 Å². The molecule has 0 amide bonds. The van der Waals surface area contributed by atoms with Crippen molar-refractivity contribution < 1.29 is 0 Å². The molecule has 1 aromatic rings. The molecule has 1 aromatic heterocycles. The van der Waals surface area contributed by atoms with Crippen LogP contribution in [0.25, 0.3) is 0 Å². The lowest BCUT2D eigenvalue weighted by atomic mass is 10.4. The molecule has 0 radical (unpaired) electrons. The Balaban J connectivity index is 2.66. The van der Waals surface area contributed by atoms with Crippen LogP contribution in [0.15, 0.2) is 6.20 Å². The van der Waals surface area contributed by atoms with Crippen LogP contribution in [0.3, 0.4) is 0 Å². The summed E-state index contributed by atoms with van der Waals surface area (Å²) in [6, 6.07) is 0. The lowest BCUT2D eigenvalue weighted by molar-refractivity contribution is 0.909. The Labute approximate surface area is 71.9 Å². The Morgan fingerprint density at radius 3 is 2.73 bits per heavy atom. The van der Waals surface area contributed by atoms with E-state index in [9.17, 15) is 0 Å². The first-order chi connectivity index (χ1) is 5.24. The molecule has 0 saturated heterocycles. The topological polar surface area (TPSA) is 16.1 Å². The van der Waals surface area contributed by atoms with Gasteiger partial charge in [-0.1, -0.05) is 6.92 Å².